The van der Waals surface area contributed by atoms with Crippen molar-refractivity contribution in [2.75, 3.05) is 30.9 Å². The van der Waals surface area contributed by atoms with Crippen LogP contribution in [0.2, 0.25) is 0 Å². The van der Waals surface area contributed by atoms with Crippen LogP contribution in [0.25, 0.3) is 10.6 Å². The Hall–Kier alpha value is -1.14. The monoisotopic (exact) mass is 310 g/mol. The fraction of sp³-hybridized carbons (Fsp3) is 0.571. The maximum atomic E-state index is 4.74. The molecule has 0 atom stereocenters. The standard InChI is InChI=1S/C14H22N4S2/c1-5-7-10-12(20-14(17-10)18(3)4)11-9-19-13(16-11)15-8-6-2/h9H,5-8H2,1-4H3,(H,15,16). The van der Waals surface area contributed by atoms with Crippen molar-refractivity contribution in [3.63, 3.8) is 0 Å². The Morgan fingerprint density at radius 3 is 2.65 bits per heavy atom. The van der Waals surface area contributed by atoms with Gasteiger partial charge in [-0.1, -0.05) is 31.6 Å². The van der Waals surface area contributed by atoms with Gasteiger partial charge in [-0.05, 0) is 12.8 Å². The van der Waals surface area contributed by atoms with Crippen molar-refractivity contribution >= 4 is 32.9 Å². The Bertz CT molecular complexity index is 545. The first-order valence-corrected chi connectivity index (χ1v) is 8.72. The van der Waals surface area contributed by atoms with E-state index in [9.17, 15) is 0 Å². The van der Waals surface area contributed by atoms with Gasteiger partial charge >= 0.3 is 0 Å². The lowest BCUT2D eigenvalue weighted by Crippen LogP contribution is -2.07. The number of hydrogen-bond donors (Lipinski definition) is 1. The van der Waals surface area contributed by atoms with Crippen LogP contribution in [0.4, 0.5) is 10.3 Å². The quantitative estimate of drug-likeness (QED) is 0.835. The fourth-order valence-corrected chi connectivity index (χ4v) is 3.63. The highest BCUT2D eigenvalue weighted by Gasteiger charge is 2.16. The molecule has 0 aliphatic rings. The van der Waals surface area contributed by atoms with Gasteiger partial charge in [-0.15, -0.1) is 11.3 Å². The highest BCUT2D eigenvalue weighted by Crippen LogP contribution is 2.36. The minimum absolute atomic E-state index is 0.973. The molecule has 0 amide bonds. The van der Waals surface area contributed by atoms with Gasteiger partial charge in [-0.25, -0.2) is 9.97 Å². The van der Waals surface area contributed by atoms with Crippen LogP contribution < -0.4 is 10.2 Å². The van der Waals surface area contributed by atoms with E-state index in [2.05, 4.69) is 29.4 Å². The van der Waals surface area contributed by atoms with Crippen LogP contribution >= 0.6 is 22.7 Å². The zero-order valence-corrected chi connectivity index (χ0v) is 14.2. The Labute approximate surface area is 128 Å². The van der Waals surface area contributed by atoms with Crippen molar-refractivity contribution in [2.24, 2.45) is 0 Å². The molecule has 110 valence electrons. The summed E-state index contributed by atoms with van der Waals surface area (Å²) in [4.78, 5) is 12.7. The van der Waals surface area contributed by atoms with Crippen LogP contribution in [0.3, 0.4) is 0 Å². The number of aromatic nitrogens is 2. The van der Waals surface area contributed by atoms with Crippen molar-refractivity contribution in [2.45, 2.75) is 33.1 Å². The van der Waals surface area contributed by atoms with Crippen LogP contribution in [0.15, 0.2) is 5.38 Å². The van der Waals surface area contributed by atoms with Gasteiger partial charge in [-0.3, -0.25) is 0 Å². The summed E-state index contributed by atoms with van der Waals surface area (Å²) in [7, 11) is 4.07. The predicted molar refractivity (Wildman–Crippen MR) is 90.3 cm³/mol. The SMILES string of the molecule is CCCNc1nc(-c2sc(N(C)C)nc2CCC)cs1. The van der Waals surface area contributed by atoms with Crippen LogP contribution in [-0.4, -0.2) is 30.6 Å². The van der Waals surface area contributed by atoms with Gasteiger partial charge in [0.05, 0.1) is 16.3 Å². The van der Waals surface area contributed by atoms with Crippen molar-refractivity contribution in [1.82, 2.24) is 9.97 Å². The third-order valence-electron chi connectivity index (χ3n) is 2.82. The van der Waals surface area contributed by atoms with Gasteiger partial charge < -0.3 is 10.2 Å². The Morgan fingerprint density at radius 1 is 1.20 bits per heavy atom. The average molecular weight is 310 g/mol. The predicted octanol–water partition coefficient (Wildman–Crippen LogP) is 4.11. The minimum atomic E-state index is 0.973. The molecule has 0 aromatic carbocycles. The molecule has 6 heteroatoms. The molecule has 2 aromatic rings. The van der Waals surface area contributed by atoms with E-state index in [1.165, 1.54) is 10.6 Å². The molecule has 0 fully saturated rings. The van der Waals surface area contributed by atoms with Gasteiger partial charge in [0.1, 0.15) is 0 Å². The van der Waals surface area contributed by atoms with Gasteiger partial charge in [0, 0.05) is 26.0 Å². The summed E-state index contributed by atoms with van der Waals surface area (Å²) in [5.74, 6) is 0. The smallest absolute Gasteiger partial charge is 0.185 e. The highest BCUT2D eigenvalue weighted by atomic mass is 32.1. The van der Waals surface area contributed by atoms with Crippen LogP contribution in [-0.2, 0) is 6.42 Å². The second-order valence-electron chi connectivity index (χ2n) is 4.88. The van der Waals surface area contributed by atoms with Crippen LogP contribution in [0, 0.1) is 0 Å². The summed E-state index contributed by atoms with van der Waals surface area (Å²) in [5, 5.41) is 7.53. The van der Waals surface area contributed by atoms with E-state index in [4.69, 9.17) is 9.97 Å². The number of aryl methyl sites for hydroxylation is 1. The number of nitrogens with one attached hydrogen (secondary N) is 1. The van der Waals surface area contributed by atoms with Crippen molar-refractivity contribution < 1.29 is 0 Å². The van der Waals surface area contributed by atoms with Crippen LogP contribution in [0.1, 0.15) is 32.4 Å². The molecule has 1 N–H and O–H groups in total. The van der Waals surface area contributed by atoms with E-state index < -0.39 is 0 Å². The molecule has 0 bridgehead atoms. The summed E-state index contributed by atoms with van der Waals surface area (Å²) in [6.45, 7) is 5.32. The number of anilines is 2. The maximum absolute atomic E-state index is 4.74. The Morgan fingerprint density at radius 2 is 2.00 bits per heavy atom. The maximum Gasteiger partial charge on any atom is 0.185 e. The van der Waals surface area contributed by atoms with E-state index in [-0.39, 0.29) is 0 Å². The Balaban J connectivity index is 2.27. The van der Waals surface area contributed by atoms with Crippen molar-refractivity contribution in [3.05, 3.63) is 11.1 Å². The number of rotatable bonds is 7. The zero-order valence-electron chi connectivity index (χ0n) is 12.6. The van der Waals surface area contributed by atoms with E-state index in [0.717, 1.165) is 41.8 Å². The molecule has 4 nitrogen and oxygen atoms in total. The van der Waals surface area contributed by atoms with Gasteiger partial charge in [0.25, 0.3) is 0 Å². The first-order valence-electron chi connectivity index (χ1n) is 7.02. The van der Waals surface area contributed by atoms with Gasteiger partial charge in [0.15, 0.2) is 10.3 Å². The molecule has 0 unspecified atom stereocenters. The normalized spacial score (nSPS) is 10.8. The lowest BCUT2D eigenvalue weighted by Gasteiger charge is -2.05. The topological polar surface area (TPSA) is 41.1 Å². The molecule has 0 saturated heterocycles. The number of hydrogen-bond acceptors (Lipinski definition) is 6. The van der Waals surface area contributed by atoms with Crippen molar-refractivity contribution in [3.8, 4) is 10.6 Å². The van der Waals surface area contributed by atoms with E-state index in [1.807, 2.05) is 14.1 Å². The molecule has 20 heavy (non-hydrogen) atoms. The summed E-state index contributed by atoms with van der Waals surface area (Å²) in [5.41, 5.74) is 2.23. The highest BCUT2D eigenvalue weighted by molar-refractivity contribution is 7.19. The molecule has 2 rings (SSSR count). The molecule has 0 aliphatic heterocycles. The molecule has 0 saturated carbocycles. The van der Waals surface area contributed by atoms with E-state index in [1.54, 1.807) is 22.7 Å². The third kappa shape index (κ3) is 3.49. The summed E-state index contributed by atoms with van der Waals surface area (Å²) in [6, 6.07) is 0. The fourth-order valence-electron chi connectivity index (χ4n) is 1.83. The zero-order chi connectivity index (χ0) is 14.5. The molecule has 0 radical (unpaired) electrons. The Kier molecular flexibility index (Phi) is 5.37. The van der Waals surface area contributed by atoms with Gasteiger partial charge in [-0.2, -0.15) is 0 Å². The second kappa shape index (κ2) is 7.04. The molecule has 0 aliphatic carbocycles. The second-order valence-corrected chi connectivity index (χ2v) is 6.72. The summed E-state index contributed by atoms with van der Waals surface area (Å²) in [6.07, 6.45) is 3.23. The van der Waals surface area contributed by atoms with Crippen LogP contribution in [0.5, 0.6) is 0 Å². The minimum Gasteiger partial charge on any atom is -0.362 e. The molecule has 2 heterocycles. The average Bonchev–Trinajstić information content (AvgIpc) is 3.03. The van der Waals surface area contributed by atoms with E-state index in [0.29, 0.717) is 0 Å². The third-order valence-corrected chi connectivity index (χ3v) is 4.91. The number of nitrogens with zero attached hydrogens (tertiary/aromatic N) is 3. The summed E-state index contributed by atoms with van der Waals surface area (Å²) >= 11 is 3.40. The largest absolute Gasteiger partial charge is 0.362 e. The molecule has 2 aromatic heterocycles. The lowest BCUT2D eigenvalue weighted by atomic mass is 10.2. The number of thiazole rings is 2. The molecule has 0 spiro atoms. The summed E-state index contributed by atoms with van der Waals surface area (Å²) < 4.78 is 0. The molecular formula is C14H22N4S2. The first-order chi connectivity index (χ1) is 9.65. The first kappa shape index (κ1) is 15.3. The lowest BCUT2D eigenvalue weighted by molar-refractivity contribution is 0.889. The molecular weight excluding hydrogens is 288 g/mol. The van der Waals surface area contributed by atoms with Gasteiger partial charge in [0.2, 0.25) is 0 Å². The van der Waals surface area contributed by atoms with Crippen molar-refractivity contribution in [1.29, 1.82) is 0 Å². The van der Waals surface area contributed by atoms with E-state index >= 15 is 0 Å².